The van der Waals surface area contributed by atoms with Gasteiger partial charge in [0.2, 0.25) is 0 Å². The second kappa shape index (κ2) is 5.09. The number of rotatable bonds is 2. The third-order valence-corrected chi connectivity index (χ3v) is 3.68. The van der Waals surface area contributed by atoms with Crippen molar-refractivity contribution in [2.45, 2.75) is 0 Å². The highest BCUT2D eigenvalue weighted by molar-refractivity contribution is 9.10. The summed E-state index contributed by atoms with van der Waals surface area (Å²) < 4.78 is 14.5. The van der Waals surface area contributed by atoms with Crippen molar-refractivity contribution in [3.05, 3.63) is 59.0 Å². The predicted octanol–water partition coefficient (Wildman–Crippen LogP) is 4.46. The monoisotopic (exact) mass is 331 g/mol. The SMILES string of the molecule is Nc1ccc(Nc2c(F)cccc2Br)c2cccnc12. The van der Waals surface area contributed by atoms with Gasteiger partial charge in [0.25, 0.3) is 0 Å². The van der Waals surface area contributed by atoms with E-state index < -0.39 is 0 Å². The van der Waals surface area contributed by atoms with Crippen molar-refractivity contribution in [3.8, 4) is 0 Å². The van der Waals surface area contributed by atoms with Gasteiger partial charge in [-0.15, -0.1) is 0 Å². The van der Waals surface area contributed by atoms with E-state index in [0.717, 1.165) is 11.1 Å². The summed E-state index contributed by atoms with van der Waals surface area (Å²) in [5.74, 6) is -0.326. The topological polar surface area (TPSA) is 50.9 Å². The summed E-state index contributed by atoms with van der Waals surface area (Å²) >= 11 is 3.34. The Labute approximate surface area is 123 Å². The van der Waals surface area contributed by atoms with Crippen LogP contribution in [0.2, 0.25) is 0 Å². The van der Waals surface area contributed by atoms with E-state index in [0.29, 0.717) is 21.4 Å². The molecule has 100 valence electrons. The van der Waals surface area contributed by atoms with Gasteiger partial charge in [-0.05, 0) is 52.3 Å². The van der Waals surface area contributed by atoms with Gasteiger partial charge in [0, 0.05) is 21.7 Å². The Balaban J connectivity index is 2.14. The molecule has 5 heteroatoms. The normalized spacial score (nSPS) is 10.7. The van der Waals surface area contributed by atoms with Gasteiger partial charge < -0.3 is 11.1 Å². The Morgan fingerprint density at radius 3 is 2.75 bits per heavy atom. The number of nitrogen functional groups attached to an aromatic ring is 1. The third kappa shape index (κ3) is 2.20. The van der Waals surface area contributed by atoms with E-state index in [1.54, 1.807) is 24.4 Å². The maximum atomic E-state index is 13.9. The van der Waals surface area contributed by atoms with Crippen molar-refractivity contribution in [1.82, 2.24) is 4.98 Å². The molecule has 0 amide bonds. The number of benzene rings is 2. The summed E-state index contributed by atoms with van der Waals surface area (Å²) in [5.41, 5.74) is 8.35. The van der Waals surface area contributed by atoms with Crippen LogP contribution in [0.15, 0.2) is 53.1 Å². The molecule has 2 aromatic carbocycles. The van der Waals surface area contributed by atoms with Crippen molar-refractivity contribution >= 4 is 43.9 Å². The fourth-order valence-electron chi connectivity index (χ4n) is 2.06. The molecule has 3 aromatic rings. The predicted molar refractivity (Wildman–Crippen MR) is 83.5 cm³/mol. The molecule has 3 rings (SSSR count). The molecule has 0 atom stereocenters. The molecule has 0 unspecified atom stereocenters. The first-order valence-electron chi connectivity index (χ1n) is 6.01. The molecule has 0 bridgehead atoms. The molecule has 20 heavy (non-hydrogen) atoms. The van der Waals surface area contributed by atoms with E-state index >= 15 is 0 Å². The Hall–Kier alpha value is -2.14. The minimum absolute atomic E-state index is 0.326. The summed E-state index contributed by atoms with van der Waals surface area (Å²) in [6.07, 6.45) is 1.68. The first kappa shape index (κ1) is 12.9. The maximum absolute atomic E-state index is 13.9. The van der Waals surface area contributed by atoms with Crippen LogP contribution in [0.4, 0.5) is 21.5 Å². The number of nitrogens with one attached hydrogen (secondary N) is 1. The fourth-order valence-corrected chi connectivity index (χ4v) is 2.50. The maximum Gasteiger partial charge on any atom is 0.147 e. The Morgan fingerprint density at radius 2 is 1.95 bits per heavy atom. The molecule has 0 fully saturated rings. The standard InChI is InChI=1S/C15H11BrFN3/c16-10-4-1-5-11(17)15(10)20-13-7-6-12(18)14-9(13)3-2-8-19-14/h1-8,20H,18H2. The zero-order valence-electron chi connectivity index (χ0n) is 10.4. The molecule has 3 N–H and O–H groups in total. The number of anilines is 3. The van der Waals surface area contributed by atoms with Crippen molar-refractivity contribution < 1.29 is 4.39 Å². The van der Waals surface area contributed by atoms with Crippen molar-refractivity contribution in [1.29, 1.82) is 0 Å². The van der Waals surface area contributed by atoms with Crippen LogP contribution in [-0.4, -0.2) is 4.98 Å². The van der Waals surface area contributed by atoms with E-state index in [2.05, 4.69) is 26.2 Å². The van der Waals surface area contributed by atoms with Gasteiger partial charge in [-0.2, -0.15) is 0 Å². The zero-order chi connectivity index (χ0) is 14.1. The Kier molecular flexibility index (Phi) is 3.28. The molecule has 0 aliphatic rings. The summed E-state index contributed by atoms with van der Waals surface area (Å²) in [6.45, 7) is 0. The number of pyridine rings is 1. The average molecular weight is 332 g/mol. The second-order valence-electron chi connectivity index (χ2n) is 4.32. The third-order valence-electron chi connectivity index (χ3n) is 3.02. The number of aromatic nitrogens is 1. The van der Waals surface area contributed by atoms with Crippen LogP contribution in [0.3, 0.4) is 0 Å². The highest BCUT2D eigenvalue weighted by atomic mass is 79.9. The van der Waals surface area contributed by atoms with Gasteiger partial charge in [-0.3, -0.25) is 4.98 Å². The first-order chi connectivity index (χ1) is 9.66. The first-order valence-corrected chi connectivity index (χ1v) is 6.80. The summed E-state index contributed by atoms with van der Waals surface area (Å²) in [6, 6.07) is 12.1. The Morgan fingerprint density at radius 1 is 1.10 bits per heavy atom. The number of hydrogen-bond donors (Lipinski definition) is 2. The van der Waals surface area contributed by atoms with E-state index in [1.807, 2.05) is 18.2 Å². The molecule has 0 aliphatic carbocycles. The quantitative estimate of drug-likeness (QED) is 0.681. The number of para-hydroxylation sites is 1. The molecule has 0 spiro atoms. The lowest BCUT2D eigenvalue weighted by Gasteiger charge is -2.12. The Bertz CT molecular complexity index is 769. The van der Waals surface area contributed by atoms with Crippen LogP contribution in [0, 0.1) is 5.82 Å². The summed E-state index contributed by atoms with van der Waals surface area (Å²) in [4.78, 5) is 4.26. The van der Waals surface area contributed by atoms with E-state index in [9.17, 15) is 4.39 Å². The van der Waals surface area contributed by atoms with Gasteiger partial charge in [0.1, 0.15) is 5.82 Å². The number of fused-ring (bicyclic) bond motifs is 1. The van der Waals surface area contributed by atoms with Gasteiger partial charge in [-0.1, -0.05) is 6.07 Å². The number of nitrogens with two attached hydrogens (primary N) is 1. The molecular formula is C15H11BrFN3. The number of hydrogen-bond acceptors (Lipinski definition) is 3. The summed E-state index contributed by atoms with van der Waals surface area (Å²) in [7, 11) is 0. The van der Waals surface area contributed by atoms with Crippen molar-refractivity contribution in [3.63, 3.8) is 0 Å². The van der Waals surface area contributed by atoms with Crippen LogP contribution in [-0.2, 0) is 0 Å². The molecule has 0 aliphatic heterocycles. The van der Waals surface area contributed by atoms with Crippen molar-refractivity contribution in [2.75, 3.05) is 11.1 Å². The van der Waals surface area contributed by atoms with E-state index in [1.165, 1.54) is 6.07 Å². The highest BCUT2D eigenvalue weighted by Crippen LogP contribution is 2.33. The molecule has 1 aromatic heterocycles. The van der Waals surface area contributed by atoms with Crippen molar-refractivity contribution in [2.24, 2.45) is 0 Å². The fraction of sp³-hybridized carbons (Fsp3) is 0. The average Bonchev–Trinajstić information content (AvgIpc) is 2.46. The molecule has 3 nitrogen and oxygen atoms in total. The van der Waals surface area contributed by atoms with Crippen LogP contribution in [0.5, 0.6) is 0 Å². The largest absolute Gasteiger partial charge is 0.397 e. The van der Waals surface area contributed by atoms with Gasteiger partial charge in [0.05, 0.1) is 16.9 Å². The molecule has 0 saturated carbocycles. The van der Waals surface area contributed by atoms with Gasteiger partial charge >= 0.3 is 0 Å². The second-order valence-corrected chi connectivity index (χ2v) is 5.18. The van der Waals surface area contributed by atoms with Gasteiger partial charge in [0.15, 0.2) is 0 Å². The van der Waals surface area contributed by atoms with E-state index in [-0.39, 0.29) is 5.82 Å². The summed E-state index contributed by atoms with van der Waals surface area (Å²) in [5, 5.41) is 3.94. The minimum Gasteiger partial charge on any atom is -0.397 e. The number of nitrogens with zero attached hydrogens (tertiary/aromatic N) is 1. The molecular weight excluding hydrogens is 321 g/mol. The molecule has 0 radical (unpaired) electrons. The lowest BCUT2D eigenvalue weighted by Crippen LogP contribution is -1.98. The minimum atomic E-state index is -0.326. The lowest BCUT2D eigenvalue weighted by atomic mass is 10.1. The van der Waals surface area contributed by atoms with E-state index in [4.69, 9.17) is 5.73 Å². The van der Waals surface area contributed by atoms with Crippen LogP contribution in [0.1, 0.15) is 0 Å². The van der Waals surface area contributed by atoms with Crippen LogP contribution >= 0.6 is 15.9 Å². The van der Waals surface area contributed by atoms with Gasteiger partial charge in [-0.25, -0.2) is 4.39 Å². The highest BCUT2D eigenvalue weighted by Gasteiger charge is 2.10. The smallest absolute Gasteiger partial charge is 0.147 e. The van der Waals surface area contributed by atoms with Crippen LogP contribution in [0.25, 0.3) is 10.9 Å². The molecule has 1 heterocycles. The number of halogens is 2. The van der Waals surface area contributed by atoms with Crippen LogP contribution < -0.4 is 11.1 Å². The lowest BCUT2D eigenvalue weighted by molar-refractivity contribution is 0.631. The molecule has 0 saturated heterocycles. The zero-order valence-corrected chi connectivity index (χ0v) is 12.0.